The zero-order valence-electron chi connectivity index (χ0n) is 8.45. The van der Waals surface area contributed by atoms with E-state index in [1.54, 1.807) is 18.5 Å². The topological polar surface area (TPSA) is 54.7 Å². The highest BCUT2D eigenvalue weighted by atomic mass is 79.9. The lowest BCUT2D eigenvalue weighted by Crippen LogP contribution is -2.15. The Bertz CT molecular complexity index is 470. The summed E-state index contributed by atoms with van der Waals surface area (Å²) in [6, 6.07) is 4.22. The molecule has 0 radical (unpaired) electrons. The molecule has 0 bridgehead atoms. The Morgan fingerprint density at radius 2 is 2.31 bits per heavy atom. The van der Waals surface area contributed by atoms with Gasteiger partial charge in [-0.2, -0.15) is 0 Å². The summed E-state index contributed by atoms with van der Waals surface area (Å²) in [5, 5.41) is 0. The largest absolute Gasteiger partial charge is 0.349 e. The van der Waals surface area contributed by atoms with Gasteiger partial charge in [0.15, 0.2) is 0 Å². The molecule has 0 saturated heterocycles. The molecule has 0 saturated carbocycles. The van der Waals surface area contributed by atoms with Crippen molar-refractivity contribution in [2.45, 2.75) is 12.5 Å². The maximum Gasteiger partial charge on any atom is 0.123 e. The van der Waals surface area contributed by atoms with Crippen LogP contribution in [0.3, 0.4) is 0 Å². The monoisotopic (exact) mass is 283 g/mol. The van der Waals surface area contributed by atoms with Crippen molar-refractivity contribution in [1.29, 1.82) is 0 Å². The quantitative estimate of drug-likeness (QED) is 0.910. The minimum absolute atomic E-state index is 0.281. The first-order valence-corrected chi connectivity index (χ1v) is 5.65. The van der Waals surface area contributed by atoms with E-state index in [0.717, 1.165) is 15.9 Å². The molecular formula is C11H11BrFN3. The van der Waals surface area contributed by atoms with Crippen LogP contribution in [0.25, 0.3) is 0 Å². The van der Waals surface area contributed by atoms with Crippen LogP contribution in [0, 0.1) is 5.82 Å². The van der Waals surface area contributed by atoms with Gasteiger partial charge in [-0.1, -0.05) is 15.9 Å². The summed E-state index contributed by atoms with van der Waals surface area (Å²) in [5.74, 6) is 0.511. The van der Waals surface area contributed by atoms with Gasteiger partial charge in [-0.15, -0.1) is 0 Å². The van der Waals surface area contributed by atoms with Crippen molar-refractivity contribution in [1.82, 2.24) is 9.97 Å². The summed E-state index contributed by atoms with van der Waals surface area (Å²) in [7, 11) is 0. The normalized spacial score (nSPS) is 12.7. The summed E-state index contributed by atoms with van der Waals surface area (Å²) in [6.07, 6.45) is 3.96. The number of hydrogen-bond donors (Lipinski definition) is 2. The highest BCUT2D eigenvalue weighted by Crippen LogP contribution is 2.24. The molecule has 1 aromatic heterocycles. The first-order valence-electron chi connectivity index (χ1n) is 4.85. The SMILES string of the molecule is NC(Cc1ncc[nH]1)c1cc(F)ccc1Br. The molecule has 0 aliphatic rings. The van der Waals surface area contributed by atoms with Crippen molar-refractivity contribution >= 4 is 15.9 Å². The molecule has 5 heteroatoms. The van der Waals surface area contributed by atoms with Gasteiger partial charge in [0.25, 0.3) is 0 Å². The third-order valence-electron chi connectivity index (χ3n) is 2.33. The minimum Gasteiger partial charge on any atom is -0.349 e. The van der Waals surface area contributed by atoms with E-state index in [9.17, 15) is 4.39 Å². The van der Waals surface area contributed by atoms with Crippen molar-refractivity contribution < 1.29 is 4.39 Å². The number of aromatic nitrogens is 2. The number of halogens is 2. The van der Waals surface area contributed by atoms with E-state index < -0.39 is 0 Å². The van der Waals surface area contributed by atoms with Gasteiger partial charge in [-0.05, 0) is 23.8 Å². The van der Waals surface area contributed by atoms with Crippen molar-refractivity contribution in [3.63, 3.8) is 0 Å². The van der Waals surface area contributed by atoms with E-state index in [4.69, 9.17) is 5.73 Å². The molecule has 84 valence electrons. The molecule has 0 aliphatic carbocycles. The zero-order valence-corrected chi connectivity index (χ0v) is 10.0. The van der Waals surface area contributed by atoms with Crippen LogP contribution >= 0.6 is 15.9 Å². The van der Waals surface area contributed by atoms with E-state index in [1.807, 2.05) is 0 Å². The van der Waals surface area contributed by atoms with Crippen LogP contribution in [-0.2, 0) is 6.42 Å². The second-order valence-electron chi connectivity index (χ2n) is 3.51. The van der Waals surface area contributed by atoms with Gasteiger partial charge in [0.1, 0.15) is 11.6 Å². The van der Waals surface area contributed by atoms with Gasteiger partial charge in [-0.25, -0.2) is 9.37 Å². The maximum atomic E-state index is 13.1. The number of aromatic amines is 1. The van der Waals surface area contributed by atoms with Gasteiger partial charge < -0.3 is 10.7 Å². The van der Waals surface area contributed by atoms with Crippen molar-refractivity contribution in [3.8, 4) is 0 Å². The third kappa shape index (κ3) is 2.48. The number of nitrogens with one attached hydrogen (secondary N) is 1. The fourth-order valence-electron chi connectivity index (χ4n) is 1.53. The van der Waals surface area contributed by atoms with Crippen molar-refractivity contribution in [2.24, 2.45) is 5.73 Å². The van der Waals surface area contributed by atoms with Crippen LogP contribution in [0.15, 0.2) is 35.1 Å². The van der Waals surface area contributed by atoms with Gasteiger partial charge in [0.2, 0.25) is 0 Å². The first kappa shape index (κ1) is 11.3. The number of imidazole rings is 1. The molecule has 0 spiro atoms. The second-order valence-corrected chi connectivity index (χ2v) is 4.37. The summed E-state index contributed by atoms with van der Waals surface area (Å²) in [4.78, 5) is 7.06. The number of H-pyrrole nitrogens is 1. The van der Waals surface area contributed by atoms with E-state index >= 15 is 0 Å². The number of nitrogens with two attached hydrogens (primary N) is 1. The highest BCUT2D eigenvalue weighted by molar-refractivity contribution is 9.10. The fraction of sp³-hybridized carbons (Fsp3) is 0.182. The molecule has 3 N–H and O–H groups in total. The lowest BCUT2D eigenvalue weighted by atomic mass is 10.0. The fourth-order valence-corrected chi connectivity index (χ4v) is 2.07. The predicted molar refractivity (Wildman–Crippen MR) is 63.3 cm³/mol. The van der Waals surface area contributed by atoms with E-state index in [1.165, 1.54) is 12.1 Å². The van der Waals surface area contributed by atoms with E-state index in [2.05, 4.69) is 25.9 Å². The average molecular weight is 284 g/mol. The standard InChI is InChI=1S/C11H11BrFN3/c12-9-2-1-7(13)5-8(9)10(14)6-11-15-3-4-16-11/h1-5,10H,6,14H2,(H,15,16). The molecule has 2 rings (SSSR count). The van der Waals surface area contributed by atoms with Gasteiger partial charge >= 0.3 is 0 Å². The Labute approximate surface area is 101 Å². The smallest absolute Gasteiger partial charge is 0.123 e. The second kappa shape index (κ2) is 4.76. The molecule has 0 fully saturated rings. The molecule has 1 heterocycles. The molecule has 0 amide bonds. The van der Waals surface area contributed by atoms with Crippen molar-refractivity contribution in [3.05, 3.63) is 52.3 Å². The molecule has 1 atom stereocenters. The van der Waals surface area contributed by atoms with Gasteiger partial charge in [0, 0.05) is 29.3 Å². The lowest BCUT2D eigenvalue weighted by Gasteiger charge is -2.12. The number of nitrogens with zero attached hydrogens (tertiary/aromatic N) is 1. The Morgan fingerprint density at radius 3 is 3.00 bits per heavy atom. The van der Waals surface area contributed by atoms with Crippen LogP contribution in [0.5, 0.6) is 0 Å². The Hall–Kier alpha value is -1.20. The molecule has 16 heavy (non-hydrogen) atoms. The van der Waals surface area contributed by atoms with E-state index in [0.29, 0.717) is 6.42 Å². The minimum atomic E-state index is -0.284. The molecule has 1 aromatic carbocycles. The Morgan fingerprint density at radius 1 is 1.50 bits per heavy atom. The highest BCUT2D eigenvalue weighted by Gasteiger charge is 2.12. The summed E-state index contributed by atoms with van der Waals surface area (Å²) < 4.78 is 13.9. The summed E-state index contributed by atoms with van der Waals surface area (Å²) in [5.41, 5.74) is 6.75. The van der Waals surface area contributed by atoms with Crippen LogP contribution in [0.2, 0.25) is 0 Å². The van der Waals surface area contributed by atoms with Crippen molar-refractivity contribution in [2.75, 3.05) is 0 Å². The molecule has 1 unspecified atom stereocenters. The van der Waals surface area contributed by atoms with Crippen LogP contribution < -0.4 is 5.73 Å². The van der Waals surface area contributed by atoms with Crippen LogP contribution in [0.1, 0.15) is 17.4 Å². The van der Waals surface area contributed by atoms with Crippen LogP contribution in [0.4, 0.5) is 4.39 Å². The summed E-state index contributed by atoms with van der Waals surface area (Å²) >= 11 is 3.36. The van der Waals surface area contributed by atoms with Crippen LogP contribution in [-0.4, -0.2) is 9.97 Å². The predicted octanol–water partition coefficient (Wildman–Crippen LogP) is 2.55. The average Bonchev–Trinajstić information content (AvgIpc) is 2.74. The maximum absolute atomic E-state index is 13.1. The number of rotatable bonds is 3. The van der Waals surface area contributed by atoms with Gasteiger partial charge in [0.05, 0.1) is 0 Å². The summed E-state index contributed by atoms with van der Waals surface area (Å²) in [6.45, 7) is 0. The zero-order chi connectivity index (χ0) is 11.5. The van der Waals surface area contributed by atoms with E-state index in [-0.39, 0.29) is 11.9 Å². The molecular weight excluding hydrogens is 273 g/mol. The molecule has 0 aliphatic heterocycles. The third-order valence-corrected chi connectivity index (χ3v) is 3.05. The lowest BCUT2D eigenvalue weighted by molar-refractivity contribution is 0.615. The molecule has 2 aromatic rings. The molecule has 3 nitrogen and oxygen atoms in total. The van der Waals surface area contributed by atoms with Gasteiger partial charge in [-0.3, -0.25) is 0 Å². The Kier molecular flexibility index (Phi) is 3.36. The number of benzene rings is 1. The first-order chi connectivity index (χ1) is 7.66. The number of hydrogen-bond acceptors (Lipinski definition) is 2. The Balaban J connectivity index is 2.20.